The molecule has 4 heteroatoms. The molecule has 1 fully saturated rings. The molecule has 0 spiro atoms. The van der Waals surface area contributed by atoms with Gasteiger partial charge in [0, 0.05) is 24.2 Å². The Hall–Kier alpha value is -0.420. The van der Waals surface area contributed by atoms with Gasteiger partial charge in [0.05, 0.1) is 12.2 Å². The molecule has 1 aliphatic heterocycles. The highest BCUT2D eigenvalue weighted by Gasteiger charge is 2.21. The first-order chi connectivity index (χ1) is 9.31. The van der Waals surface area contributed by atoms with Crippen LogP contribution in [0.5, 0.6) is 0 Å². The summed E-state index contributed by atoms with van der Waals surface area (Å²) < 4.78 is 12.8. The molecule has 1 heterocycles. The van der Waals surface area contributed by atoms with Gasteiger partial charge in [-0.3, -0.25) is 0 Å². The van der Waals surface area contributed by atoms with E-state index < -0.39 is 0 Å². The standard InChI is InChI=1S/C15H22BrNO2/c1-2-17-11-15(13-5-3-4-6-14(13)16)19-12-7-9-18-10-8-12/h3-6,12,15,17H,2,7-11H2,1H3. The second-order valence-electron chi connectivity index (χ2n) is 4.77. The quantitative estimate of drug-likeness (QED) is 0.869. The van der Waals surface area contributed by atoms with E-state index in [1.54, 1.807) is 0 Å². The summed E-state index contributed by atoms with van der Waals surface area (Å²) in [5.74, 6) is 0. The van der Waals surface area contributed by atoms with Crippen LogP contribution in [0.25, 0.3) is 0 Å². The third-order valence-corrected chi connectivity index (χ3v) is 4.08. The number of benzene rings is 1. The number of nitrogens with one attached hydrogen (secondary N) is 1. The van der Waals surface area contributed by atoms with Crippen molar-refractivity contribution in [3.8, 4) is 0 Å². The van der Waals surface area contributed by atoms with Gasteiger partial charge in [-0.2, -0.15) is 0 Å². The fraction of sp³-hybridized carbons (Fsp3) is 0.600. The Morgan fingerprint density at radius 3 is 2.79 bits per heavy atom. The van der Waals surface area contributed by atoms with Crippen LogP contribution in [-0.4, -0.2) is 32.4 Å². The molecule has 0 radical (unpaired) electrons. The number of hydrogen-bond donors (Lipinski definition) is 1. The van der Waals surface area contributed by atoms with Gasteiger partial charge in [0.1, 0.15) is 0 Å². The first kappa shape index (κ1) is 15.0. The molecule has 0 amide bonds. The minimum absolute atomic E-state index is 0.0959. The Bertz CT molecular complexity index is 380. The molecule has 0 saturated carbocycles. The van der Waals surface area contributed by atoms with Crippen molar-refractivity contribution in [1.82, 2.24) is 5.32 Å². The highest BCUT2D eigenvalue weighted by Crippen LogP contribution is 2.28. The fourth-order valence-corrected chi connectivity index (χ4v) is 2.83. The zero-order valence-electron chi connectivity index (χ0n) is 11.4. The molecule has 3 nitrogen and oxygen atoms in total. The molecule has 1 atom stereocenters. The molecule has 1 aromatic carbocycles. The molecule has 0 bridgehead atoms. The Morgan fingerprint density at radius 2 is 2.11 bits per heavy atom. The van der Waals surface area contributed by atoms with Crippen LogP contribution >= 0.6 is 15.9 Å². The summed E-state index contributed by atoms with van der Waals surface area (Å²) in [4.78, 5) is 0. The molecule has 0 aliphatic carbocycles. The van der Waals surface area contributed by atoms with E-state index in [0.29, 0.717) is 6.10 Å². The Balaban J connectivity index is 2.04. The maximum Gasteiger partial charge on any atom is 0.0963 e. The summed E-state index contributed by atoms with van der Waals surface area (Å²) in [6, 6.07) is 8.30. The number of hydrogen-bond acceptors (Lipinski definition) is 3. The zero-order chi connectivity index (χ0) is 13.5. The van der Waals surface area contributed by atoms with Crippen LogP contribution in [0.15, 0.2) is 28.7 Å². The Labute approximate surface area is 123 Å². The second kappa shape index (κ2) is 8.00. The van der Waals surface area contributed by atoms with E-state index in [0.717, 1.165) is 43.6 Å². The maximum absolute atomic E-state index is 6.29. The lowest BCUT2D eigenvalue weighted by Crippen LogP contribution is -2.30. The van der Waals surface area contributed by atoms with E-state index in [-0.39, 0.29) is 6.10 Å². The topological polar surface area (TPSA) is 30.5 Å². The molecule has 1 saturated heterocycles. The third kappa shape index (κ3) is 4.56. The molecule has 1 aliphatic rings. The van der Waals surface area contributed by atoms with Gasteiger partial charge in [-0.25, -0.2) is 0 Å². The van der Waals surface area contributed by atoms with Crippen LogP contribution in [-0.2, 0) is 9.47 Å². The van der Waals surface area contributed by atoms with Crippen LogP contribution in [0.2, 0.25) is 0 Å². The van der Waals surface area contributed by atoms with Crippen LogP contribution in [0.1, 0.15) is 31.4 Å². The lowest BCUT2D eigenvalue weighted by Gasteiger charge is -2.28. The van der Waals surface area contributed by atoms with Crippen molar-refractivity contribution in [3.05, 3.63) is 34.3 Å². The lowest BCUT2D eigenvalue weighted by molar-refractivity contribution is -0.0689. The zero-order valence-corrected chi connectivity index (χ0v) is 13.0. The predicted octanol–water partition coefficient (Wildman–Crippen LogP) is 3.30. The average molecular weight is 328 g/mol. The number of likely N-dealkylation sites (N-methyl/N-ethyl adjacent to an activating group) is 1. The smallest absolute Gasteiger partial charge is 0.0963 e. The van der Waals surface area contributed by atoms with E-state index >= 15 is 0 Å². The molecule has 1 N–H and O–H groups in total. The molecule has 19 heavy (non-hydrogen) atoms. The van der Waals surface area contributed by atoms with Crippen LogP contribution in [0, 0.1) is 0 Å². The van der Waals surface area contributed by atoms with E-state index in [4.69, 9.17) is 9.47 Å². The summed E-state index contributed by atoms with van der Waals surface area (Å²) in [5.41, 5.74) is 1.22. The largest absolute Gasteiger partial charge is 0.381 e. The van der Waals surface area contributed by atoms with E-state index in [2.05, 4.69) is 46.4 Å². The van der Waals surface area contributed by atoms with E-state index in [1.165, 1.54) is 5.56 Å². The molecule has 106 valence electrons. The molecule has 2 rings (SSSR count). The van der Waals surface area contributed by atoms with Crippen LogP contribution < -0.4 is 5.32 Å². The first-order valence-electron chi connectivity index (χ1n) is 6.99. The number of rotatable bonds is 6. The number of halogens is 1. The van der Waals surface area contributed by atoms with Gasteiger partial charge >= 0.3 is 0 Å². The molecular formula is C15H22BrNO2. The van der Waals surface area contributed by atoms with Crippen molar-refractivity contribution in [2.75, 3.05) is 26.3 Å². The van der Waals surface area contributed by atoms with Crippen LogP contribution in [0.4, 0.5) is 0 Å². The van der Waals surface area contributed by atoms with Crippen molar-refractivity contribution >= 4 is 15.9 Å². The average Bonchev–Trinajstić information content (AvgIpc) is 2.45. The van der Waals surface area contributed by atoms with Gasteiger partial charge in [0.2, 0.25) is 0 Å². The van der Waals surface area contributed by atoms with Crippen molar-refractivity contribution < 1.29 is 9.47 Å². The maximum atomic E-state index is 6.29. The van der Waals surface area contributed by atoms with Crippen molar-refractivity contribution in [1.29, 1.82) is 0 Å². The molecule has 1 aromatic rings. The molecule has 0 aromatic heterocycles. The summed E-state index contributed by atoms with van der Waals surface area (Å²) >= 11 is 3.62. The highest BCUT2D eigenvalue weighted by atomic mass is 79.9. The normalized spacial score (nSPS) is 18.4. The third-order valence-electron chi connectivity index (χ3n) is 3.36. The van der Waals surface area contributed by atoms with E-state index in [9.17, 15) is 0 Å². The van der Waals surface area contributed by atoms with Crippen molar-refractivity contribution in [2.24, 2.45) is 0 Å². The minimum Gasteiger partial charge on any atom is -0.381 e. The van der Waals surface area contributed by atoms with Crippen molar-refractivity contribution in [2.45, 2.75) is 32.0 Å². The van der Waals surface area contributed by atoms with E-state index in [1.807, 2.05) is 6.07 Å². The fourth-order valence-electron chi connectivity index (χ4n) is 2.29. The van der Waals surface area contributed by atoms with Gasteiger partial charge in [-0.15, -0.1) is 0 Å². The summed E-state index contributed by atoms with van der Waals surface area (Å²) in [6.45, 7) is 5.54. The minimum atomic E-state index is 0.0959. The predicted molar refractivity (Wildman–Crippen MR) is 80.4 cm³/mol. The second-order valence-corrected chi connectivity index (χ2v) is 5.62. The van der Waals surface area contributed by atoms with Gasteiger partial charge in [0.15, 0.2) is 0 Å². The Kier molecular flexibility index (Phi) is 6.31. The summed E-state index contributed by atoms with van der Waals surface area (Å²) in [7, 11) is 0. The van der Waals surface area contributed by atoms with Crippen molar-refractivity contribution in [3.63, 3.8) is 0 Å². The van der Waals surface area contributed by atoms with Gasteiger partial charge in [-0.05, 0) is 31.0 Å². The lowest BCUT2D eigenvalue weighted by atomic mass is 10.1. The first-order valence-corrected chi connectivity index (χ1v) is 7.79. The molecule has 1 unspecified atom stereocenters. The monoisotopic (exact) mass is 327 g/mol. The van der Waals surface area contributed by atoms with Gasteiger partial charge < -0.3 is 14.8 Å². The number of ether oxygens (including phenoxy) is 2. The van der Waals surface area contributed by atoms with Gasteiger partial charge in [-0.1, -0.05) is 41.1 Å². The van der Waals surface area contributed by atoms with Gasteiger partial charge in [0.25, 0.3) is 0 Å². The summed E-state index contributed by atoms with van der Waals surface area (Å²) in [6.07, 6.45) is 2.39. The SMILES string of the molecule is CCNCC(OC1CCOCC1)c1ccccc1Br. The van der Waals surface area contributed by atoms with Crippen LogP contribution in [0.3, 0.4) is 0 Å². The summed E-state index contributed by atoms with van der Waals surface area (Å²) in [5, 5.41) is 3.39. The molecular weight excluding hydrogens is 306 g/mol. The Morgan fingerprint density at radius 1 is 1.37 bits per heavy atom. The highest BCUT2D eigenvalue weighted by molar-refractivity contribution is 9.10.